The maximum absolute atomic E-state index is 15.3. The zero-order valence-electron chi connectivity index (χ0n) is 26.7. The largest absolute Gasteiger partial charge is 0.508 e. The number of imide groups is 2. The number of amides is 4. The molecule has 3 aliphatic carbocycles. The number of benzene rings is 3. The van der Waals surface area contributed by atoms with Crippen LogP contribution in [0.1, 0.15) is 62.0 Å². The van der Waals surface area contributed by atoms with Crippen molar-refractivity contribution in [3.63, 3.8) is 0 Å². The number of likely N-dealkylation sites (tertiary alicyclic amines) is 1. The van der Waals surface area contributed by atoms with Gasteiger partial charge in [0.2, 0.25) is 23.6 Å². The molecule has 2 heterocycles. The maximum Gasteiger partial charge on any atom is 0.246 e. The van der Waals surface area contributed by atoms with E-state index in [4.69, 9.17) is 16.3 Å². The van der Waals surface area contributed by atoms with Gasteiger partial charge in [-0.3, -0.25) is 24.1 Å². The van der Waals surface area contributed by atoms with E-state index in [2.05, 4.69) is 0 Å². The minimum atomic E-state index is -1.46. The third kappa shape index (κ3) is 4.34. The van der Waals surface area contributed by atoms with Gasteiger partial charge >= 0.3 is 0 Å². The van der Waals surface area contributed by atoms with Crippen molar-refractivity contribution in [3.05, 3.63) is 101 Å². The first-order chi connectivity index (χ1) is 23.3. The molecular weight excluding hydrogens is 628 g/mol. The van der Waals surface area contributed by atoms with Gasteiger partial charge in [-0.1, -0.05) is 78.9 Å². The summed E-state index contributed by atoms with van der Waals surface area (Å²) in [6, 6.07) is 20.8. The van der Waals surface area contributed by atoms with Crippen LogP contribution in [0.2, 0.25) is 5.02 Å². The van der Waals surface area contributed by atoms with E-state index in [-0.39, 0.29) is 35.9 Å². The van der Waals surface area contributed by atoms with Crippen molar-refractivity contribution >= 4 is 40.9 Å². The van der Waals surface area contributed by atoms with Crippen LogP contribution in [0.25, 0.3) is 0 Å². The fraction of sp³-hybridized carbons (Fsp3) is 0.385. The summed E-state index contributed by atoms with van der Waals surface area (Å²) in [5.74, 6) is -4.03. The predicted molar refractivity (Wildman–Crippen MR) is 179 cm³/mol. The number of anilines is 1. The number of carbonyl (C=O) groups is 4. The number of fused-ring (bicyclic) bond motifs is 4. The lowest BCUT2D eigenvalue weighted by molar-refractivity contribution is -0.143. The summed E-state index contributed by atoms with van der Waals surface area (Å²) in [6.07, 6.45) is 7.27. The van der Waals surface area contributed by atoms with Crippen LogP contribution in [0.3, 0.4) is 0 Å². The molecule has 246 valence electrons. The van der Waals surface area contributed by atoms with Crippen molar-refractivity contribution in [1.29, 1.82) is 0 Å². The molecule has 3 aromatic rings. The second kappa shape index (κ2) is 11.6. The fourth-order valence-corrected chi connectivity index (χ4v) is 9.89. The molecule has 1 N–H and O–H groups in total. The molecule has 2 saturated heterocycles. The summed E-state index contributed by atoms with van der Waals surface area (Å²) >= 11 is 6.39. The van der Waals surface area contributed by atoms with Gasteiger partial charge in [-0.15, -0.1) is 0 Å². The van der Waals surface area contributed by atoms with Crippen molar-refractivity contribution in [3.8, 4) is 11.5 Å². The van der Waals surface area contributed by atoms with Gasteiger partial charge in [0.05, 0.1) is 36.0 Å². The predicted octanol–water partition coefficient (Wildman–Crippen LogP) is 6.55. The zero-order chi connectivity index (χ0) is 33.3. The number of ether oxygens (including phenoxy) is 1. The van der Waals surface area contributed by atoms with Crippen molar-refractivity contribution in [2.45, 2.75) is 62.3 Å². The average Bonchev–Trinajstić information content (AvgIpc) is 3.50. The van der Waals surface area contributed by atoms with Crippen LogP contribution in [-0.2, 0) is 24.6 Å². The summed E-state index contributed by atoms with van der Waals surface area (Å²) in [6.45, 7) is 0. The minimum Gasteiger partial charge on any atom is -0.508 e. The quantitative estimate of drug-likeness (QED) is 0.245. The summed E-state index contributed by atoms with van der Waals surface area (Å²) in [5.41, 5.74) is 0.785. The second-order valence-corrected chi connectivity index (χ2v) is 14.3. The minimum absolute atomic E-state index is 0.0439. The fourth-order valence-electron chi connectivity index (χ4n) is 9.70. The third-order valence-corrected chi connectivity index (χ3v) is 11.9. The number of phenolic OH excluding ortho intramolecular Hbond substituents is 1. The SMILES string of the molecule is COc1ccc(O)c([C@H]2C3=CC[C@@H]4C(=O)N(C5CCCCC5)C(=O)[C@@H]4[C@@H]3C[C@H]3C(=O)N(c4cccc(Cl)c4)C(=O)[C@@]23c2ccccc2)c1. The van der Waals surface area contributed by atoms with Crippen molar-refractivity contribution in [2.75, 3.05) is 12.0 Å². The first kappa shape index (κ1) is 30.9. The lowest BCUT2D eigenvalue weighted by Crippen LogP contribution is -2.53. The summed E-state index contributed by atoms with van der Waals surface area (Å²) in [4.78, 5) is 61.4. The Kier molecular flexibility index (Phi) is 7.47. The van der Waals surface area contributed by atoms with Gasteiger partial charge in [0.1, 0.15) is 11.5 Å². The molecule has 0 bridgehead atoms. The highest BCUT2D eigenvalue weighted by Crippen LogP contribution is 2.65. The van der Waals surface area contributed by atoms with E-state index in [1.807, 2.05) is 36.4 Å². The summed E-state index contributed by atoms with van der Waals surface area (Å²) in [5, 5.41) is 12.0. The van der Waals surface area contributed by atoms with Gasteiger partial charge in [-0.2, -0.15) is 0 Å². The van der Waals surface area contributed by atoms with E-state index >= 15 is 4.79 Å². The van der Waals surface area contributed by atoms with Gasteiger partial charge < -0.3 is 9.84 Å². The van der Waals surface area contributed by atoms with E-state index in [0.29, 0.717) is 34.0 Å². The number of hydrogen-bond donors (Lipinski definition) is 1. The Morgan fingerprint density at radius 1 is 0.854 bits per heavy atom. The Balaban J connectivity index is 1.36. The molecule has 0 aromatic heterocycles. The molecule has 8 rings (SSSR count). The Morgan fingerprint density at radius 2 is 1.62 bits per heavy atom. The summed E-state index contributed by atoms with van der Waals surface area (Å²) < 4.78 is 5.61. The van der Waals surface area contributed by atoms with E-state index < -0.39 is 40.9 Å². The number of rotatable bonds is 5. The number of hydrogen-bond acceptors (Lipinski definition) is 6. The van der Waals surface area contributed by atoms with Crippen molar-refractivity contribution < 1.29 is 29.0 Å². The molecule has 8 nitrogen and oxygen atoms in total. The molecule has 4 amide bonds. The van der Waals surface area contributed by atoms with Crippen molar-refractivity contribution in [2.24, 2.45) is 23.7 Å². The van der Waals surface area contributed by atoms with Crippen LogP contribution in [0.5, 0.6) is 11.5 Å². The smallest absolute Gasteiger partial charge is 0.246 e. The molecule has 0 unspecified atom stereocenters. The van der Waals surface area contributed by atoms with Crippen LogP contribution in [0.4, 0.5) is 5.69 Å². The van der Waals surface area contributed by atoms with Crippen molar-refractivity contribution in [1.82, 2.24) is 4.90 Å². The molecule has 3 aromatic carbocycles. The molecular formula is C39H37ClN2O6. The Morgan fingerprint density at radius 3 is 2.35 bits per heavy atom. The Bertz CT molecular complexity index is 1870. The van der Waals surface area contributed by atoms with Crippen LogP contribution in [0, 0.1) is 23.7 Å². The molecule has 0 spiro atoms. The van der Waals surface area contributed by atoms with Gasteiger partial charge in [0.15, 0.2) is 0 Å². The van der Waals surface area contributed by atoms with Gasteiger partial charge in [0.25, 0.3) is 0 Å². The number of phenols is 1. The topological polar surface area (TPSA) is 104 Å². The number of aromatic hydroxyl groups is 1. The van der Waals surface area contributed by atoms with E-state index in [9.17, 15) is 19.5 Å². The van der Waals surface area contributed by atoms with Gasteiger partial charge in [-0.05, 0) is 73.6 Å². The maximum atomic E-state index is 15.3. The zero-order valence-corrected chi connectivity index (χ0v) is 27.4. The van der Waals surface area contributed by atoms with Crippen LogP contribution < -0.4 is 9.64 Å². The normalized spacial score (nSPS) is 30.2. The molecule has 2 saturated carbocycles. The highest BCUT2D eigenvalue weighted by molar-refractivity contribution is 6.32. The van der Waals surface area contributed by atoms with E-state index in [1.165, 1.54) is 12.0 Å². The first-order valence-electron chi connectivity index (χ1n) is 16.9. The number of allylic oxidation sites excluding steroid dienone is 2. The number of halogens is 1. The first-order valence-corrected chi connectivity index (χ1v) is 17.3. The average molecular weight is 665 g/mol. The van der Waals surface area contributed by atoms with E-state index in [0.717, 1.165) is 37.7 Å². The molecule has 48 heavy (non-hydrogen) atoms. The lowest BCUT2D eigenvalue weighted by Gasteiger charge is -2.50. The monoisotopic (exact) mass is 664 g/mol. The molecule has 2 aliphatic heterocycles. The second-order valence-electron chi connectivity index (χ2n) is 13.9. The number of nitrogens with zero attached hydrogens (tertiary/aromatic N) is 2. The molecule has 0 radical (unpaired) electrons. The molecule has 5 aliphatic rings. The van der Waals surface area contributed by atoms with Crippen LogP contribution in [0.15, 0.2) is 84.4 Å². The Hall–Kier alpha value is -4.43. The standard InChI is InChI=1S/C39H37ClN2O6/c1-48-26-15-18-32(43)30(20-26)34-27-16-17-28-33(37(46)41(35(28)44)24-12-6-3-7-13-24)29(27)21-31-36(45)42(25-14-8-11-23(40)19-25)38(47)39(31,34)22-9-4-2-5-10-22/h2,4-5,8-11,14-16,18-20,24,28-29,31,33-34,43H,3,6-7,12-13,17,21H2,1H3/t28-,29+,31-,33-,34+,39+/m0/s1. The van der Waals surface area contributed by atoms with Gasteiger partial charge in [0, 0.05) is 22.5 Å². The molecule has 4 fully saturated rings. The molecule has 9 heteroatoms. The van der Waals surface area contributed by atoms with E-state index in [1.54, 1.807) is 47.4 Å². The third-order valence-electron chi connectivity index (χ3n) is 11.7. The van der Waals surface area contributed by atoms with Crippen LogP contribution >= 0.6 is 11.6 Å². The molecule has 6 atom stereocenters. The highest BCUT2D eigenvalue weighted by atomic mass is 35.5. The van der Waals surface area contributed by atoms with Crippen LogP contribution in [-0.4, -0.2) is 46.8 Å². The van der Waals surface area contributed by atoms with Gasteiger partial charge in [-0.25, -0.2) is 4.90 Å². The lowest BCUT2D eigenvalue weighted by atomic mass is 9.49. The summed E-state index contributed by atoms with van der Waals surface area (Å²) in [7, 11) is 1.54. The number of carbonyl (C=O) groups excluding carboxylic acids is 4. The number of methoxy groups -OCH3 is 1. The Labute approximate surface area is 284 Å². The highest BCUT2D eigenvalue weighted by Gasteiger charge is 2.70.